The van der Waals surface area contributed by atoms with Crippen LogP contribution in [0.25, 0.3) is 0 Å². The number of pyridine rings is 1. The molecule has 0 radical (unpaired) electrons. The summed E-state index contributed by atoms with van der Waals surface area (Å²) < 4.78 is 11.4. The van der Waals surface area contributed by atoms with Crippen molar-refractivity contribution < 1.29 is 9.15 Å². The molecule has 0 fully saturated rings. The van der Waals surface area contributed by atoms with Gasteiger partial charge in [0.1, 0.15) is 29.3 Å². The Morgan fingerprint density at radius 3 is 3.00 bits per heavy atom. The van der Waals surface area contributed by atoms with E-state index in [-0.39, 0.29) is 11.8 Å². The van der Waals surface area contributed by atoms with E-state index >= 15 is 0 Å². The summed E-state index contributed by atoms with van der Waals surface area (Å²) in [5, 5.41) is 17.3. The Hall–Kier alpha value is -3.66. The first-order valence-corrected chi connectivity index (χ1v) is 8.58. The van der Waals surface area contributed by atoms with Crippen LogP contribution in [-0.4, -0.2) is 15.7 Å². The van der Waals surface area contributed by atoms with Gasteiger partial charge in [0.25, 0.3) is 0 Å². The molecular weight excluding hydrogens is 342 g/mol. The molecule has 1 atom stereocenters. The van der Waals surface area contributed by atoms with Crippen LogP contribution in [0.5, 0.6) is 5.75 Å². The lowest BCUT2D eigenvalue weighted by Gasteiger charge is -2.26. The van der Waals surface area contributed by atoms with Crippen LogP contribution in [0, 0.1) is 16.7 Å². The van der Waals surface area contributed by atoms with Crippen molar-refractivity contribution in [3.63, 3.8) is 0 Å². The summed E-state index contributed by atoms with van der Waals surface area (Å²) in [5.74, 6) is 0.959. The van der Waals surface area contributed by atoms with Crippen LogP contribution < -0.4 is 10.5 Å². The fourth-order valence-electron chi connectivity index (χ4n) is 3.29. The molecule has 1 unspecified atom stereocenters. The van der Waals surface area contributed by atoms with Gasteiger partial charge in [0.2, 0.25) is 0 Å². The average molecular weight is 359 g/mol. The Bertz CT molecular complexity index is 1040. The molecule has 3 N–H and O–H groups in total. The van der Waals surface area contributed by atoms with Gasteiger partial charge < -0.3 is 14.9 Å². The summed E-state index contributed by atoms with van der Waals surface area (Å²) in [4.78, 5) is 8.03. The van der Waals surface area contributed by atoms with Crippen LogP contribution in [0.15, 0.2) is 47.5 Å². The third kappa shape index (κ3) is 3.25. The molecule has 1 aliphatic carbocycles. The molecule has 7 nitrogen and oxygen atoms in total. The fraction of sp³-hybridized carbons (Fsp3) is 0.200. The Kier molecular flexibility index (Phi) is 4.30. The van der Waals surface area contributed by atoms with Gasteiger partial charge in [-0.25, -0.2) is 9.97 Å². The molecule has 3 aromatic rings. The summed E-state index contributed by atoms with van der Waals surface area (Å²) in [6.07, 6.45) is 7.09. The largest absolute Gasteiger partial charge is 0.486 e. The predicted molar refractivity (Wildman–Crippen MR) is 98.5 cm³/mol. The maximum Gasteiger partial charge on any atom is 0.181 e. The highest BCUT2D eigenvalue weighted by Gasteiger charge is 2.23. The molecule has 134 valence electrons. The number of ether oxygens (including phenoxy) is 1. The molecular formula is C20H17N5O2. The molecule has 0 saturated heterocycles. The second-order valence-corrected chi connectivity index (χ2v) is 6.37. The molecule has 1 aliphatic rings. The van der Waals surface area contributed by atoms with Gasteiger partial charge in [-0.3, -0.25) is 5.41 Å². The first-order valence-electron chi connectivity index (χ1n) is 8.58. The van der Waals surface area contributed by atoms with E-state index in [9.17, 15) is 0 Å². The lowest BCUT2D eigenvalue weighted by atomic mass is 9.90. The van der Waals surface area contributed by atoms with Crippen molar-refractivity contribution in [2.75, 3.05) is 5.73 Å². The van der Waals surface area contributed by atoms with Gasteiger partial charge in [-0.05, 0) is 49.1 Å². The van der Waals surface area contributed by atoms with E-state index in [1.54, 1.807) is 24.4 Å². The number of fused-ring (bicyclic) bond motifs is 1. The van der Waals surface area contributed by atoms with Crippen LogP contribution in [0.4, 0.5) is 5.69 Å². The molecule has 2 aromatic heterocycles. The van der Waals surface area contributed by atoms with E-state index in [1.807, 2.05) is 6.07 Å². The number of anilines is 1. The molecule has 7 heteroatoms. The summed E-state index contributed by atoms with van der Waals surface area (Å²) in [7, 11) is 0. The zero-order valence-corrected chi connectivity index (χ0v) is 14.5. The number of nitrogens with zero attached hydrogens (tertiary/aromatic N) is 3. The van der Waals surface area contributed by atoms with Crippen molar-refractivity contribution >= 4 is 11.4 Å². The van der Waals surface area contributed by atoms with Gasteiger partial charge in [0.15, 0.2) is 12.2 Å². The van der Waals surface area contributed by atoms with Crippen LogP contribution in [-0.2, 0) is 6.42 Å². The lowest BCUT2D eigenvalue weighted by molar-refractivity contribution is 0.183. The topological polar surface area (TPSA) is 122 Å². The molecule has 2 heterocycles. The number of rotatable bonds is 4. The smallest absolute Gasteiger partial charge is 0.181 e. The van der Waals surface area contributed by atoms with E-state index < -0.39 is 0 Å². The second-order valence-electron chi connectivity index (χ2n) is 6.37. The molecule has 0 aliphatic heterocycles. The Morgan fingerprint density at radius 1 is 1.33 bits per heavy atom. The number of nitrogens with two attached hydrogens (primary N) is 1. The van der Waals surface area contributed by atoms with Gasteiger partial charge >= 0.3 is 0 Å². The van der Waals surface area contributed by atoms with Crippen molar-refractivity contribution in [1.82, 2.24) is 9.97 Å². The number of nitrogen functional groups attached to an aromatic ring is 1. The zero-order chi connectivity index (χ0) is 18.8. The number of nitriles is 1. The van der Waals surface area contributed by atoms with E-state index in [0.717, 1.165) is 30.4 Å². The standard InChI is InChI=1S/C20H17N5O2/c21-8-13-6-12-2-1-3-18(16(12)9-25-13)27-14-4-5-17(22)15(7-14)20(23)19-10-24-11-26-19/h4-7,9-11,18,23H,1-3,22H2. The number of hydrogen-bond acceptors (Lipinski definition) is 7. The second kappa shape index (κ2) is 6.92. The Labute approximate surface area is 155 Å². The SMILES string of the molecule is N#Cc1cc2c(cn1)C(Oc1ccc(N)c(C(=N)c3cnco3)c1)CCC2. The number of aromatic nitrogens is 2. The van der Waals surface area contributed by atoms with Crippen LogP contribution in [0.2, 0.25) is 0 Å². The minimum atomic E-state index is -0.148. The third-order valence-electron chi connectivity index (χ3n) is 4.65. The van der Waals surface area contributed by atoms with Gasteiger partial charge in [-0.15, -0.1) is 0 Å². The Morgan fingerprint density at radius 2 is 2.22 bits per heavy atom. The number of nitrogens with one attached hydrogen (secondary N) is 1. The highest BCUT2D eigenvalue weighted by molar-refractivity contribution is 6.12. The summed E-state index contributed by atoms with van der Waals surface area (Å²) in [5.41, 5.74) is 9.71. The average Bonchev–Trinajstić information content (AvgIpc) is 3.23. The first-order chi connectivity index (χ1) is 13.2. The van der Waals surface area contributed by atoms with Crippen molar-refractivity contribution in [2.45, 2.75) is 25.4 Å². The van der Waals surface area contributed by atoms with E-state index in [1.165, 1.54) is 12.6 Å². The van der Waals surface area contributed by atoms with E-state index in [0.29, 0.717) is 28.5 Å². The maximum atomic E-state index is 9.04. The highest BCUT2D eigenvalue weighted by atomic mass is 16.5. The van der Waals surface area contributed by atoms with Crippen LogP contribution >= 0.6 is 0 Å². The minimum Gasteiger partial charge on any atom is -0.486 e. The van der Waals surface area contributed by atoms with Gasteiger partial charge in [-0.1, -0.05) is 0 Å². The molecule has 27 heavy (non-hydrogen) atoms. The highest BCUT2D eigenvalue weighted by Crippen LogP contribution is 2.34. The fourth-order valence-corrected chi connectivity index (χ4v) is 3.29. The quantitative estimate of drug-likeness (QED) is 0.544. The van der Waals surface area contributed by atoms with Crippen LogP contribution in [0.3, 0.4) is 0 Å². The molecule has 4 rings (SSSR count). The number of benzene rings is 1. The minimum absolute atomic E-state index is 0.148. The summed E-state index contributed by atoms with van der Waals surface area (Å²) >= 11 is 0. The number of oxazole rings is 1. The Balaban J connectivity index is 1.62. The number of hydrogen-bond donors (Lipinski definition) is 2. The summed E-state index contributed by atoms with van der Waals surface area (Å²) in [6.45, 7) is 0. The van der Waals surface area contributed by atoms with Gasteiger partial charge in [-0.2, -0.15) is 5.26 Å². The first kappa shape index (κ1) is 16.8. The van der Waals surface area contributed by atoms with E-state index in [4.69, 9.17) is 25.6 Å². The van der Waals surface area contributed by atoms with Crippen molar-refractivity contribution in [3.8, 4) is 11.8 Å². The zero-order valence-electron chi connectivity index (χ0n) is 14.5. The van der Waals surface area contributed by atoms with Crippen molar-refractivity contribution in [2.24, 2.45) is 0 Å². The molecule has 0 bridgehead atoms. The van der Waals surface area contributed by atoms with E-state index in [2.05, 4.69) is 16.0 Å². The third-order valence-corrected chi connectivity index (χ3v) is 4.65. The normalized spacial score (nSPS) is 15.6. The molecule has 0 saturated carbocycles. The lowest BCUT2D eigenvalue weighted by Crippen LogP contribution is -2.16. The predicted octanol–water partition coefficient (Wildman–Crippen LogP) is 3.40. The summed E-state index contributed by atoms with van der Waals surface area (Å²) in [6, 6.07) is 9.16. The molecule has 0 spiro atoms. The molecule has 0 amide bonds. The number of aryl methyl sites for hydroxylation is 1. The van der Waals surface area contributed by atoms with Crippen LogP contribution in [0.1, 0.15) is 47.1 Å². The maximum absolute atomic E-state index is 9.04. The van der Waals surface area contributed by atoms with Crippen molar-refractivity contribution in [1.29, 1.82) is 10.7 Å². The molecule has 1 aromatic carbocycles. The van der Waals surface area contributed by atoms with Crippen molar-refractivity contribution in [3.05, 3.63) is 71.2 Å². The van der Waals surface area contributed by atoms with Gasteiger partial charge in [0, 0.05) is 23.0 Å². The monoisotopic (exact) mass is 359 g/mol. The van der Waals surface area contributed by atoms with Gasteiger partial charge in [0.05, 0.1) is 6.20 Å².